The molecule has 0 aliphatic heterocycles. The van der Waals surface area contributed by atoms with E-state index in [0.29, 0.717) is 0 Å². The zero-order valence-electron chi connectivity index (χ0n) is 30.3. The summed E-state index contributed by atoms with van der Waals surface area (Å²) in [7, 11) is 0. The third-order valence-corrected chi connectivity index (χ3v) is 104. The van der Waals surface area contributed by atoms with Crippen LogP contribution in [0.3, 0.4) is 0 Å². The van der Waals surface area contributed by atoms with E-state index in [2.05, 4.69) is 738 Å². The number of halogens is 46. The molecule has 0 saturated carbocycles. The fraction of sp³-hybridized carbons (Fsp3) is 1.00. The summed E-state index contributed by atoms with van der Waals surface area (Å²) < 4.78 is -25.7. The quantitative estimate of drug-likeness (QED) is 0.107. The molecule has 0 heterocycles. The van der Waals surface area contributed by atoms with E-state index >= 15 is 0 Å². The summed E-state index contributed by atoms with van der Waals surface area (Å²) in [6, 6.07) is 0. The molecule has 0 aromatic carbocycles. The van der Waals surface area contributed by atoms with Crippen molar-refractivity contribution in [1.82, 2.24) is 5.32 Å². The molecule has 0 aliphatic carbocycles. The minimum absolute atomic E-state index is 0.238. The molecule has 0 rings (SSSR count). The molecule has 0 radical (unpaired) electrons. The fourth-order valence-corrected chi connectivity index (χ4v) is 47.9. The van der Waals surface area contributed by atoms with Crippen LogP contribution in [0.2, 0.25) is 0 Å². The lowest BCUT2D eigenvalue weighted by atomic mass is 10.0. The molecule has 0 spiro atoms. The molecule has 0 amide bonds. The molecule has 428 valence electrons. The predicted octanol–water partition coefficient (Wildman–Crippen LogP) is 34.0. The lowest BCUT2D eigenvalue weighted by Gasteiger charge is -2.60. The van der Waals surface area contributed by atoms with E-state index in [9.17, 15) is 0 Å². The van der Waals surface area contributed by atoms with Gasteiger partial charge in [-0.05, 0) is 0 Å². The molecule has 0 aromatic rings. The van der Waals surface area contributed by atoms with Crippen molar-refractivity contribution in [2.24, 2.45) is 0 Å². The van der Waals surface area contributed by atoms with Crippen molar-refractivity contribution in [1.29, 1.82) is 0 Å². The van der Waals surface area contributed by atoms with E-state index in [1.165, 1.54) is 0 Å². The Hall–Kier alpha value is 22.0. The first-order valence-corrected chi connectivity index (χ1v) is 51.6. The summed E-state index contributed by atoms with van der Waals surface area (Å²) in [4.78, 5) is 0. The first kappa shape index (κ1) is 93.0. The van der Waals surface area contributed by atoms with Gasteiger partial charge in [-0.2, -0.15) is 0 Å². The number of alkyl halides is 46. The van der Waals surface area contributed by atoms with Crippen molar-refractivity contribution >= 4 is 733 Å². The van der Waals surface area contributed by atoms with Gasteiger partial charge in [0.05, 0.1) is 0 Å². The van der Waals surface area contributed by atoms with Crippen LogP contribution in [0.1, 0.15) is 0 Å². The van der Waals surface area contributed by atoms with E-state index in [-0.39, 0.29) is 13.1 Å². The van der Waals surface area contributed by atoms with Crippen LogP contribution < -0.4 is 5.32 Å². The van der Waals surface area contributed by atoms with Crippen molar-refractivity contribution in [2.75, 3.05) is 13.1 Å². The average molecular weight is 3980 g/mol. The molecule has 0 atom stereocenters. The maximum Gasteiger partial charge on any atom is 0.162 e. The first-order valence-electron chi connectivity index (χ1n) is 15.1. The molecule has 1 N–H and O–H groups in total. The van der Waals surface area contributed by atoms with Crippen molar-refractivity contribution < 1.29 is 0 Å². The fourth-order valence-electron chi connectivity index (χ4n) is 4.17. The average Bonchev–Trinajstić information content (AvgIpc) is 3.12. The molecular weight excluding hydrogens is 3980 g/mol. The van der Waals surface area contributed by atoms with Gasteiger partial charge in [-0.1, -0.05) is 733 Å². The van der Waals surface area contributed by atoms with Crippen LogP contribution in [0.4, 0.5) is 0 Å². The van der Waals surface area contributed by atoms with Crippen molar-refractivity contribution in [2.45, 2.75) is 69.0 Å². The second kappa shape index (κ2) is 30.9. The van der Waals surface area contributed by atoms with Crippen molar-refractivity contribution in [3.05, 3.63) is 0 Å². The largest absolute Gasteiger partial charge is 0.312 e. The van der Waals surface area contributed by atoms with Gasteiger partial charge in [-0.25, -0.2) is 0 Å². The third-order valence-electron chi connectivity index (χ3n) is 8.63. The maximum absolute atomic E-state index is 4.04. The molecule has 71 heavy (non-hydrogen) atoms. The zero-order valence-corrected chi connectivity index (χ0v) is 103. The van der Waals surface area contributed by atoms with Crippen LogP contribution in [0.5, 0.6) is 0 Å². The topological polar surface area (TPSA) is 12.0 Å². The Morgan fingerprint density at radius 3 is 0.352 bits per heavy atom. The Bertz CT molecular complexity index is 1750. The lowest BCUT2D eigenvalue weighted by Crippen LogP contribution is -2.72. The number of hydrogen-bond acceptors (Lipinski definition) is 1. The Labute approximate surface area is 799 Å². The summed E-state index contributed by atoms with van der Waals surface area (Å²) in [6.07, 6.45) is 0. The van der Waals surface area contributed by atoms with E-state index in [1.54, 1.807) is 0 Å². The lowest BCUT2D eigenvalue weighted by molar-refractivity contribution is 0.517. The Kier molecular flexibility index (Phi) is 40.5. The minimum Gasteiger partial charge on any atom is -0.312 e. The highest BCUT2D eigenvalue weighted by Crippen LogP contribution is 2.83. The zero-order chi connectivity index (χ0) is 59.1. The van der Waals surface area contributed by atoms with Crippen molar-refractivity contribution in [3.8, 4) is 0 Å². The number of rotatable bonds is 22. The summed E-state index contributed by atoms with van der Waals surface area (Å²) >= 11 is 181. The van der Waals surface area contributed by atoms with Gasteiger partial charge in [0.2, 0.25) is 0 Å². The van der Waals surface area contributed by atoms with Crippen LogP contribution in [0.15, 0.2) is 0 Å². The smallest absolute Gasteiger partial charge is 0.162 e. The van der Waals surface area contributed by atoms with E-state index in [1.807, 2.05) is 0 Å². The number of nitrogens with one attached hydrogen (secondary N) is 1. The molecule has 47 heteroatoms. The van der Waals surface area contributed by atoms with Crippen LogP contribution in [0, 0.1) is 0 Å². The molecule has 0 fully saturated rings. The normalized spacial score (nSPS) is 17.3. The molecular formula is C24H5Br46N. The summed E-state index contributed by atoms with van der Waals surface area (Å²) in [6.45, 7) is 0.475. The molecule has 1 nitrogen and oxygen atoms in total. The van der Waals surface area contributed by atoms with E-state index in [0.717, 1.165) is 0 Å². The summed E-state index contributed by atoms with van der Waals surface area (Å²) in [5.41, 5.74) is 0. The summed E-state index contributed by atoms with van der Waals surface area (Å²) in [5, 5.41) is 3.58. The monoisotopic (exact) mass is 3940 g/mol. The van der Waals surface area contributed by atoms with E-state index < -0.39 is 69.0 Å². The molecule has 0 aliphatic rings. The second-order valence-corrected chi connectivity index (χ2v) is 96.4. The van der Waals surface area contributed by atoms with Gasteiger partial charge >= 0.3 is 0 Å². The van der Waals surface area contributed by atoms with Gasteiger partial charge in [0.25, 0.3) is 0 Å². The van der Waals surface area contributed by atoms with Crippen LogP contribution in [-0.2, 0) is 0 Å². The van der Waals surface area contributed by atoms with Gasteiger partial charge in [0.1, 0.15) is 64.7 Å². The minimum atomic E-state index is -1.29. The highest BCUT2D eigenvalue weighted by Gasteiger charge is 2.83. The summed E-state index contributed by atoms with van der Waals surface area (Å²) in [5.74, 6) is 0. The Balaban J connectivity index is 7.29. The van der Waals surface area contributed by atoms with Crippen LogP contribution in [-0.4, -0.2) is 82.0 Å². The molecule has 0 aromatic heterocycles. The maximum atomic E-state index is 4.04. The molecule has 0 bridgehead atoms. The van der Waals surface area contributed by atoms with Gasteiger partial charge < -0.3 is 5.32 Å². The third kappa shape index (κ3) is 16.9. The van der Waals surface area contributed by atoms with Crippen LogP contribution in [0.25, 0.3) is 0 Å². The van der Waals surface area contributed by atoms with E-state index in [4.69, 9.17) is 0 Å². The predicted molar refractivity (Wildman–Crippen MR) is 484 cm³/mol. The Morgan fingerprint density at radius 1 is 0.141 bits per heavy atom. The van der Waals surface area contributed by atoms with Crippen molar-refractivity contribution in [3.63, 3.8) is 0 Å². The second-order valence-electron chi connectivity index (χ2n) is 13.3. The molecule has 0 saturated heterocycles. The highest BCUT2D eigenvalue weighted by molar-refractivity contribution is 9.44. The number of hydrogen-bond donors (Lipinski definition) is 1. The standard InChI is InChI=1S/C24H5Br46N/c25-3(26,5(29,30)7(33,34)9(37,38)11(41,42)13(45,46)15(49,50)17(53,54)19(57,58)21(61,62)23(65,66)67)1-71-2-4(27,28)6(31,32)8(35,36)10(39,40)12(43,44)14(47,48)16(51,52)18(55,56)20(59,60)22(63,64)24(68,69)70/h71H,1-2H2. The van der Waals surface area contributed by atoms with Crippen LogP contribution >= 0.6 is 733 Å². The molecule has 0 unspecified atom stereocenters. The Morgan fingerprint density at radius 2 is 0.239 bits per heavy atom. The van der Waals surface area contributed by atoms with Gasteiger partial charge in [0.15, 0.2) is 4.29 Å². The van der Waals surface area contributed by atoms with Gasteiger partial charge in [-0.3, -0.25) is 0 Å². The SMILES string of the molecule is BrC(Br)(Br)C(Br)(Br)C(Br)(Br)C(Br)(Br)C(Br)(Br)C(Br)(Br)C(Br)(Br)C(Br)(Br)C(Br)(Br)C(Br)(Br)C(Br)(Br)CNCC(Br)(Br)C(Br)(Br)C(Br)(Br)C(Br)(Br)C(Br)(Br)C(Br)(Br)C(Br)(Br)C(Br)(Br)C(Br)(Br)C(Br)(Br)C(Br)(Br)Br. The highest BCUT2D eigenvalue weighted by atomic mass is 80.0. The first-order chi connectivity index (χ1) is 29.7. The van der Waals surface area contributed by atoms with Gasteiger partial charge in [-0.15, -0.1) is 0 Å². The van der Waals surface area contributed by atoms with Gasteiger partial charge in [0, 0.05) is 13.1 Å².